The molecule has 1 aromatic heterocycles. The third kappa shape index (κ3) is 8.78. The molecule has 0 spiro atoms. The van der Waals surface area contributed by atoms with Crippen molar-refractivity contribution in [3.8, 4) is 0 Å². The SMILES string of the molecule is CC(=O)OCCCOC(=O)CCCCc1ccc(C)nc1. The van der Waals surface area contributed by atoms with Gasteiger partial charge in [-0.2, -0.15) is 0 Å². The van der Waals surface area contributed by atoms with Crippen molar-refractivity contribution in [2.24, 2.45) is 0 Å². The zero-order valence-electron chi connectivity index (χ0n) is 12.8. The summed E-state index contributed by atoms with van der Waals surface area (Å²) in [5, 5.41) is 0. The lowest BCUT2D eigenvalue weighted by Gasteiger charge is -2.05. The van der Waals surface area contributed by atoms with E-state index in [-0.39, 0.29) is 11.9 Å². The predicted octanol–water partition coefficient (Wildman–Crippen LogP) is 2.60. The van der Waals surface area contributed by atoms with Crippen LogP contribution in [0.3, 0.4) is 0 Å². The van der Waals surface area contributed by atoms with Gasteiger partial charge in [0.05, 0.1) is 13.2 Å². The lowest BCUT2D eigenvalue weighted by molar-refractivity contribution is -0.145. The predicted molar refractivity (Wildman–Crippen MR) is 78.7 cm³/mol. The Labute approximate surface area is 125 Å². The first kappa shape index (κ1) is 17.1. The molecule has 0 aliphatic carbocycles. The van der Waals surface area contributed by atoms with E-state index in [9.17, 15) is 9.59 Å². The minimum Gasteiger partial charge on any atom is -0.466 e. The number of carbonyl (C=O) groups excluding carboxylic acids is 2. The number of esters is 2. The molecule has 1 aromatic rings. The van der Waals surface area contributed by atoms with Crippen LogP contribution >= 0.6 is 0 Å². The summed E-state index contributed by atoms with van der Waals surface area (Å²) in [6.07, 6.45) is 5.51. The molecule has 0 fully saturated rings. The second kappa shape index (κ2) is 9.91. The molecule has 0 unspecified atom stereocenters. The molecule has 0 aliphatic rings. The molecule has 1 rings (SSSR count). The number of unbranched alkanes of at least 4 members (excludes halogenated alkanes) is 1. The molecule has 0 aromatic carbocycles. The fourth-order valence-corrected chi connectivity index (χ4v) is 1.78. The van der Waals surface area contributed by atoms with Gasteiger partial charge in [-0.25, -0.2) is 0 Å². The van der Waals surface area contributed by atoms with Crippen LogP contribution < -0.4 is 0 Å². The van der Waals surface area contributed by atoms with Crippen molar-refractivity contribution in [3.05, 3.63) is 29.6 Å². The molecule has 0 aliphatic heterocycles. The van der Waals surface area contributed by atoms with E-state index in [2.05, 4.69) is 11.1 Å². The number of carbonyl (C=O) groups is 2. The molecule has 5 nitrogen and oxygen atoms in total. The van der Waals surface area contributed by atoms with Gasteiger partial charge in [-0.15, -0.1) is 0 Å². The third-order valence-corrected chi connectivity index (χ3v) is 2.93. The summed E-state index contributed by atoms with van der Waals surface area (Å²) in [6, 6.07) is 4.06. The maximum Gasteiger partial charge on any atom is 0.305 e. The van der Waals surface area contributed by atoms with E-state index in [1.54, 1.807) is 0 Å². The number of pyridine rings is 1. The molecular weight excluding hydrogens is 270 g/mol. The minimum atomic E-state index is -0.313. The van der Waals surface area contributed by atoms with E-state index in [0.29, 0.717) is 26.1 Å². The number of aryl methyl sites for hydroxylation is 2. The van der Waals surface area contributed by atoms with E-state index in [1.165, 1.54) is 12.5 Å². The Morgan fingerprint density at radius 1 is 1.10 bits per heavy atom. The molecule has 116 valence electrons. The Morgan fingerprint density at radius 3 is 2.52 bits per heavy atom. The first-order chi connectivity index (χ1) is 10.1. The molecule has 0 radical (unpaired) electrons. The molecule has 0 atom stereocenters. The first-order valence-electron chi connectivity index (χ1n) is 7.28. The van der Waals surface area contributed by atoms with E-state index in [1.807, 2.05) is 19.2 Å². The highest BCUT2D eigenvalue weighted by Crippen LogP contribution is 2.07. The Hall–Kier alpha value is -1.91. The van der Waals surface area contributed by atoms with Crippen molar-refractivity contribution >= 4 is 11.9 Å². The highest BCUT2D eigenvalue weighted by Gasteiger charge is 2.03. The molecule has 0 bridgehead atoms. The largest absolute Gasteiger partial charge is 0.466 e. The van der Waals surface area contributed by atoms with Crippen molar-refractivity contribution in [2.75, 3.05) is 13.2 Å². The molecule has 0 saturated heterocycles. The van der Waals surface area contributed by atoms with Gasteiger partial charge in [0.1, 0.15) is 0 Å². The summed E-state index contributed by atoms with van der Waals surface area (Å²) in [7, 11) is 0. The summed E-state index contributed by atoms with van der Waals surface area (Å²) >= 11 is 0. The molecule has 5 heteroatoms. The molecule has 0 saturated carbocycles. The number of hydrogen-bond donors (Lipinski definition) is 0. The van der Waals surface area contributed by atoms with Crippen LogP contribution in [-0.4, -0.2) is 30.1 Å². The van der Waals surface area contributed by atoms with Gasteiger partial charge < -0.3 is 9.47 Å². The molecule has 1 heterocycles. The molecule has 0 N–H and O–H groups in total. The highest BCUT2D eigenvalue weighted by molar-refractivity contribution is 5.69. The molecule has 21 heavy (non-hydrogen) atoms. The number of nitrogens with zero attached hydrogens (tertiary/aromatic N) is 1. The van der Waals surface area contributed by atoms with Crippen LogP contribution in [0.15, 0.2) is 18.3 Å². The van der Waals surface area contributed by atoms with Gasteiger partial charge in [-0.05, 0) is 37.8 Å². The van der Waals surface area contributed by atoms with E-state index in [0.717, 1.165) is 25.0 Å². The third-order valence-electron chi connectivity index (χ3n) is 2.93. The van der Waals surface area contributed by atoms with Gasteiger partial charge in [-0.1, -0.05) is 6.07 Å². The lowest BCUT2D eigenvalue weighted by Crippen LogP contribution is -2.09. The van der Waals surface area contributed by atoms with Crippen molar-refractivity contribution in [1.82, 2.24) is 4.98 Å². The van der Waals surface area contributed by atoms with E-state index >= 15 is 0 Å². The summed E-state index contributed by atoms with van der Waals surface area (Å²) in [4.78, 5) is 26.2. The fourth-order valence-electron chi connectivity index (χ4n) is 1.78. The second-order valence-corrected chi connectivity index (χ2v) is 4.93. The van der Waals surface area contributed by atoms with Gasteiger partial charge in [0.15, 0.2) is 0 Å². The van der Waals surface area contributed by atoms with Crippen LogP contribution in [0, 0.1) is 6.92 Å². The maximum atomic E-state index is 11.5. The standard InChI is InChI=1S/C16H23NO4/c1-13-8-9-15(12-17-13)6-3-4-7-16(19)21-11-5-10-20-14(2)18/h8-9,12H,3-7,10-11H2,1-2H3. The molecule has 0 amide bonds. The van der Waals surface area contributed by atoms with Crippen molar-refractivity contribution in [1.29, 1.82) is 0 Å². The van der Waals surface area contributed by atoms with Crippen LogP contribution in [0.25, 0.3) is 0 Å². The maximum absolute atomic E-state index is 11.5. The zero-order chi connectivity index (χ0) is 15.5. The number of ether oxygens (including phenoxy) is 2. The van der Waals surface area contributed by atoms with Gasteiger partial charge in [-0.3, -0.25) is 14.6 Å². The second-order valence-electron chi connectivity index (χ2n) is 4.93. The van der Waals surface area contributed by atoms with Crippen LogP contribution in [0.4, 0.5) is 0 Å². The average Bonchev–Trinajstić information content (AvgIpc) is 2.45. The summed E-state index contributed by atoms with van der Waals surface area (Å²) in [6.45, 7) is 3.91. The van der Waals surface area contributed by atoms with E-state index < -0.39 is 0 Å². The van der Waals surface area contributed by atoms with Gasteiger partial charge in [0.25, 0.3) is 0 Å². The zero-order valence-corrected chi connectivity index (χ0v) is 12.8. The monoisotopic (exact) mass is 293 g/mol. The van der Waals surface area contributed by atoms with Crippen molar-refractivity contribution in [3.63, 3.8) is 0 Å². The Balaban J connectivity index is 2.00. The quantitative estimate of drug-likeness (QED) is 0.517. The van der Waals surface area contributed by atoms with Crippen LogP contribution in [0.1, 0.15) is 43.9 Å². The smallest absolute Gasteiger partial charge is 0.305 e. The highest BCUT2D eigenvalue weighted by atomic mass is 16.5. The summed E-state index contributed by atoms with van der Waals surface area (Å²) < 4.78 is 9.79. The van der Waals surface area contributed by atoms with Gasteiger partial charge >= 0.3 is 11.9 Å². The topological polar surface area (TPSA) is 65.5 Å². The van der Waals surface area contributed by atoms with Crippen molar-refractivity contribution in [2.45, 2.75) is 46.0 Å². The van der Waals surface area contributed by atoms with Crippen LogP contribution in [-0.2, 0) is 25.5 Å². The average molecular weight is 293 g/mol. The summed E-state index contributed by atoms with van der Waals surface area (Å²) in [5.74, 6) is -0.508. The van der Waals surface area contributed by atoms with Gasteiger partial charge in [0.2, 0.25) is 0 Å². The Morgan fingerprint density at radius 2 is 1.86 bits per heavy atom. The number of hydrogen-bond acceptors (Lipinski definition) is 5. The van der Waals surface area contributed by atoms with Gasteiger partial charge in [0, 0.05) is 31.7 Å². The fraction of sp³-hybridized carbons (Fsp3) is 0.562. The molecular formula is C16H23NO4. The number of rotatable bonds is 9. The lowest BCUT2D eigenvalue weighted by atomic mass is 10.1. The van der Waals surface area contributed by atoms with Crippen LogP contribution in [0.5, 0.6) is 0 Å². The number of aromatic nitrogens is 1. The van der Waals surface area contributed by atoms with Crippen molar-refractivity contribution < 1.29 is 19.1 Å². The Bertz CT molecular complexity index is 442. The normalized spacial score (nSPS) is 10.2. The minimum absolute atomic E-state index is 0.195. The van der Waals surface area contributed by atoms with Crippen LogP contribution in [0.2, 0.25) is 0 Å². The summed E-state index contributed by atoms with van der Waals surface area (Å²) in [5.41, 5.74) is 2.20. The van der Waals surface area contributed by atoms with E-state index in [4.69, 9.17) is 9.47 Å². The Kier molecular flexibility index (Phi) is 8.09. The first-order valence-corrected chi connectivity index (χ1v) is 7.28.